The van der Waals surface area contributed by atoms with E-state index in [4.69, 9.17) is 9.47 Å². The molecule has 0 N–H and O–H groups in total. The molecule has 3 aliphatic heterocycles. The summed E-state index contributed by atoms with van der Waals surface area (Å²) in [6.07, 6.45) is 2.11. The molecule has 8 heteroatoms. The molecule has 1 spiro atoms. The van der Waals surface area contributed by atoms with Crippen molar-refractivity contribution in [3.63, 3.8) is 0 Å². The molecule has 0 saturated carbocycles. The van der Waals surface area contributed by atoms with Crippen LogP contribution in [0.3, 0.4) is 0 Å². The Balaban J connectivity index is 1.46. The zero-order valence-corrected chi connectivity index (χ0v) is 18.0. The van der Waals surface area contributed by atoms with Crippen LogP contribution < -0.4 is 0 Å². The van der Waals surface area contributed by atoms with Gasteiger partial charge in [-0.2, -0.15) is 4.31 Å². The summed E-state index contributed by atoms with van der Waals surface area (Å²) >= 11 is 0. The molecular formula is C21H30N2O5S. The standard InChI is InChI=1S/C21H30N2O5S/c1-16-3-4-17(2)19(13-16)29(25,26)23-10-12-28-21(15-23)6-8-22(9-7-21)20(24)18-5-11-27-14-18/h3-4,13,18H,5-12,14-15H2,1-2H3. The third kappa shape index (κ3) is 4.08. The topological polar surface area (TPSA) is 76.2 Å². The number of rotatable bonds is 3. The zero-order valence-electron chi connectivity index (χ0n) is 17.2. The predicted molar refractivity (Wildman–Crippen MR) is 108 cm³/mol. The minimum atomic E-state index is -3.58. The summed E-state index contributed by atoms with van der Waals surface area (Å²) in [6, 6.07) is 5.53. The largest absolute Gasteiger partial charge is 0.381 e. The first kappa shape index (κ1) is 20.8. The molecule has 1 aromatic carbocycles. The highest BCUT2D eigenvalue weighted by Crippen LogP contribution is 2.34. The van der Waals surface area contributed by atoms with Crippen LogP contribution >= 0.6 is 0 Å². The molecule has 1 atom stereocenters. The van der Waals surface area contributed by atoms with Gasteiger partial charge < -0.3 is 14.4 Å². The summed E-state index contributed by atoms with van der Waals surface area (Å²) in [4.78, 5) is 14.9. The number of nitrogens with zero attached hydrogens (tertiary/aromatic N) is 2. The number of carbonyl (C=O) groups excluding carboxylic acids is 1. The Kier molecular flexibility index (Phi) is 5.72. The fraction of sp³-hybridized carbons (Fsp3) is 0.667. The molecule has 0 bridgehead atoms. The lowest BCUT2D eigenvalue weighted by Gasteiger charge is -2.47. The van der Waals surface area contributed by atoms with Crippen molar-refractivity contribution < 1.29 is 22.7 Å². The van der Waals surface area contributed by atoms with Crippen LogP contribution in [0.5, 0.6) is 0 Å². The lowest BCUT2D eigenvalue weighted by molar-refractivity contribution is -0.148. The average molecular weight is 423 g/mol. The number of hydrogen-bond donors (Lipinski definition) is 0. The van der Waals surface area contributed by atoms with Gasteiger partial charge in [-0.15, -0.1) is 0 Å². The van der Waals surface area contributed by atoms with Crippen molar-refractivity contribution >= 4 is 15.9 Å². The fourth-order valence-corrected chi connectivity index (χ4v) is 6.37. The molecule has 1 amide bonds. The number of benzene rings is 1. The van der Waals surface area contributed by atoms with Crippen LogP contribution in [0.25, 0.3) is 0 Å². The molecular weight excluding hydrogens is 392 g/mol. The molecule has 3 heterocycles. The number of piperidine rings is 1. The maximum absolute atomic E-state index is 13.3. The maximum Gasteiger partial charge on any atom is 0.243 e. The van der Waals surface area contributed by atoms with Gasteiger partial charge in [0.15, 0.2) is 0 Å². The van der Waals surface area contributed by atoms with Gasteiger partial charge in [0.1, 0.15) is 0 Å². The van der Waals surface area contributed by atoms with E-state index < -0.39 is 15.6 Å². The summed E-state index contributed by atoms with van der Waals surface area (Å²) in [5.74, 6) is 0.130. The first-order chi connectivity index (χ1) is 13.8. The van der Waals surface area contributed by atoms with Crippen molar-refractivity contribution in [2.75, 3.05) is 46.0 Å². The molecule has 29 heavy (non-hydrogen) atoms. The Labute approximate surface area is 173 Å². The van der Waals surface area contributed by atoms with E-state index >= 15 is 0 Å². The number of sulfonamides is 1. The van der Waals surface area contributed by atoms with Gasteiger partial charge >= 0.3 is 0 Å². The van der Waals surface area contributed by atoms with Crippen LogP contribution in [0.15, 0.2) is 23.1 Å². The van der Waals surface area contributed by atoms with E-state index in [0.29, 0.717) is 63.7 Å². The van der Waals surface area contributed by atoms with Gasteiger partial charge in [-0.25, -0.2) is 8.42 Å². The van der Waals surface area contributed by atoms with Gasteiger partial charge in [-0.1, -0.05) is 12.1 Å². The summed E-state index contributed by atoms with van der Waals surface area (Å²) < 4.78 is 39.7. The highest BCUT2D eigenvalue weighted by atomic mass is 32.2. The summed E-state index contributed by atoms with van der Waals surface area (Å²) in [5.41, 5.74) is 1.18. The van der Waals surface area contributed by atoms with Gasteiger partial charge in [0.2, 0.25) is 15.9 Å². The number of aryl methyl sites for hydroxylation is 2. The second-order valence-electron chi connectivity index (χ2n) is 8.52. The van der Waals surface area contributed by atoms with E-state index in [2.05, 4.69) is 0 Å². The first-order valence-corrected chi connectivity index (χ1v) is 11.8. The first-order valence-electron chi connectivity index (χ1n) is 10.4. The van der Waals surface area contributed by atoms with Crippen molar-refractivity contribution in [2.45, 2.75) is 43.6 Å². The van der Waals surface area contributed by atoms with Gasteiger partial charge in [-0.3, -0.25) is 4.79 Å². The van der Waals surface area contributed by atoms with Crippen LogP contribution in [0, 0.1) is 19.8 Å². The number of morpholine rings is 1. The number of carbonyl (C=O) groups is 1. The summed E-state index contributed by atoms with van der Waals surface area (Å²) in [5, 5.41) is 0. The third-order valence-electron chi connectivity index (χ3n) is 6.44. The van der Waals surface area contributed by atoms with Crippen LogP contribution in [-0.2, 0) is 24.3 Å². The third-order valence-corrected chi connectivity index (χ3v) is 8.43. The lowest BCUT2D eigenvalue weighted by Crippen LogP contribution is -2.58. The summed E-state index contributed by atoms with van der Waals surface area (Å²) in [7, 11) is -3.58. The van der Waals surface area contributed by atoms with E-state index in [1.807, 2.05) is 30.9 Å². The van der Waals surface area contributed by atoms with Gasteiger partial charge in [0.25, 0.3) is 0 Å². The molecule has 7 nitrogen and oxygen atoms in total. The van der Waals surface area contributed by atoms with Crippen molar-refractivity contribution in [3.05, 3.63) is 29.3 Å². The predicted octanol–water partition coefficient (Wildman–Crippen LogP) is 1.72. The van der Waals surface area contributed by atoms with E-state index in [-0.39, 0.29) is 11.8 Å². The van der Waals surface area contributed by atoms with Crippen LogP contribution in [-0.4, -0.2) is 75.1 Å². The molecule has 3 fully saturated rings. The van der Waals surface area contributed by atoms with Crippen LogP contribution in [0.2, 0.25) is 0 Å². The van der Waals surface area contributed by atoms with E-state index in [1.165, 1.54) is 0 Å². The quantitative estimate of drug-likeness (QED) is 0.741. The molecule has 3 aliphatic rings. The molecule has 160 valence electrons. The molecule has 1 aromatic rings. The Morgan fingerprint density at radius 3 is 2.59 bits per heavy atom. The SMILES string of the molecule is Cc1ccc(C)c(S(=O)(=O)N2CCOC3(CCN(C(=O)C4CCOC4)CC3)C2)c1. The molecule has 3 saturated heterocycles. The second kappa shape index (κ2) is 7.98. The zero-order chi connectivity index (χ0) is 20.6. The second-order valence-corrected chi connectivity index (χ2v) is 10.4. The minimum Gasteiger partial charge on any atom is -0.381 e. The van der Waals surface area contributed by atoms with Gasteiger partial charge in [0.05, 0.1) is 29.6 Å². The molecule has 0 radical (unpaired) electrons. The van der Waals surface area contributed by atoms with E-state index in [1.54, 1.807) is 10.4 Å². The number of hydrogen-bond acceptors (Lipinski definition) is 5. The van der Waals surface area contributed by atoms with E-state index in [0.717, 1.165) is 17.5 Å². The van der Waals surface area contributed by atoms with Gasteiger partial charge in [0, 0.05) is 32.8 Å². The van der Waals surface area contributed by atoms with Crippen molar-refractivity contribution in [2.24, 2.45) is 5.92 Å². The van der Waals surface area contributed by atoms with Crippen molar-refractivity contribution in [1.82, 2.24) is 9.21 Å². The monoisotopic (exact) mass is 422 g/mol. The Morgan fingerprint density at radius 1 is 1.14 bits per heavy atom. The average Bonchev–Trinajstić information content (AvgIpc) is 3.25. The van der Waals surface area contributed by atoms with Crippen molar-refractivity contribution in [1.29, 1.82) is 0 Å². The highest BCUT2D eigenvalue weighted by molar-refractivity contribution is 7.89. The summed E-state index contributed by atoms with van der Waals surface area (Å²) in [6.45, 7) is 7.20. The number of amides is 1. The van der Waals surface area contributed by atoms with Crippen molar-refractivity contribution in [3.8, 4) is 0 Å². The molecule has 1 unspecified atom stereocenters. The lowest BCUT2D eigenvalue weighted by atomic mass is 9.89. The number of ether oxygens (including phenoxy) is 2. The fourth-order valence-electron chi connectivity index (χ4n) is 4.56. The molecule has 4 rings (SSSR count). The molecule has 0 aliphatic carbocycles. The van der Waals surface area contributed by atoms with Crippen LogP contribution in [0.1, 0.15) is 30.4 Å². The maximum atomic E-state index is 13.3. The normalized spacial score (nSPS) is 25.4. The Morgan fingerprint density at radius 2 is 1.90 bits per heavy atom. The molecule has 0 aromatic heterocycles. The Hall–Kier alpha value is -1.48. The van der Waals surface area contributed by atoms with E-state index in [9.17, 15) is 13.2 Å². The Bertz CT molecular complexity index is 871. The minimum absolute atomic E-state index is 0.0301. The van der Waals surface area contributed by atoms with Crippen LogP contribution in [0.4, 0.5) is 0 Å². The van der Waals surface area contributed by atoms with Gasteiger partial charge in [-0.05, 0) is 50.3 Å². The highest BCUT2D eigenvalue weighted by Gasteiger charge is 2.44. The smallest absolute Gasteiger partial charge is 0.243 e. The number of likely N-dealkylation sites (tertiary alicyclic amines) is 1.